The summed E-state index contributed by atoms with van der Waals surface area (Å²) in [4.78, 5) is 5.36. The summed E-state index contributed by atoms with van der Waals surface area (Å²) in [5.74, 6) is -0.216. The van der Waals surface area contributed by atoms with Crippen LogP contribution in [0.4, 0.5) is 4.39 Å². The molecule has 0 aliphatic carbocycles. The van der Waals surface area contributed by atoms with Crippen molar-refractivity contribution in [1.82, 2.24) is 10.3 Å². The first-order chi connectivity index (χ1) is 7.81. The molecule has 84 valence electrons. The number of nitrogens with one attached hydrogen (secondary N) is 1. The SMILES string of the molecule is CCNCc1cnc(-c2ccccc2F)s1. The molecule has 0 bridgehead atoms. The molecule has 2 rings (SSSR count). The third kappa shape index (κ3) is 2.46. The first-order valence-corrected chi connectivity index (χ1v) is 6.03. The minimum atomic E-state index is -0.216. The Balaban J connectivity index is 2.22. The lowest BCUT2D eigenvalue weighted by atomic mass is 10.2. The minimum Gasteiger partial charge on any atom is -0.312 e. The molecule has 0 fully saturated rings. The third-order valence-corrected chi connectivity index (χ3v) is 3.24. The van der Waals surface area contributed by atoms with Crippen LogP contribution in [0.15, 0.2) is 30.5 Å². The first-order valence-electron chi connectivity index (χ1n) is 5.21. The van der Waals surface area contributed by atoms with Gasteiger partial charge in [-0.1, -0.05) is 19.1 Å². The molecule has 0 amide bonds. The van der Waals surface area contributed by atoms with Crippen LogP contribution < -0.4 is 5.32 Å². The van der Waals surface area contributed by atoms with Crippen molar-refractivity contribution in [2.45, 2.75) is 13.5 Å². The van der Waals surface area contributed by atoms with E-state index >= 15 is 0 Å². The highest BCUT2D eigenvalue weighted by molar-refractivity contribution is 7.15. The van der Waals surface area contributed by atoms with E-state index < -0.39 is 0 Å². The van der Waals surface area contributed by atoms with Crippen LogP contribution in [0, 0.1) is 5.82 Å². The molecule has 2 nitrogen and oxygen atoms in total. The normalized spacial score (nSPS) is 10.6. The summed E-state index contributed by atoms with van der Waals surface area (Å²) in [5.41, 5.74) is 0.579. The van der Waals surface area contributed by atoms with Crippen LogP contribution in [0.3, 0.4) is 0 Å². The van der Waals surface area contributed by atoms with Gasteiger partial charge in [-0.15, -0.1) is 11.3 Å². The Morgan fingerprint density at radius 2 is 2.19 bits per heavy atom. The van der Waals surface area contributed by atoms with Gasteiger partial charge in [-0.2, -0.15) is 0 Å². The molecule has 0 radical (unpaired) electrons. The van der Waals surface area contributed by atoms with Gasteiger partial charge in [0, 0.05) is 23.2 Å². The number of hydrogen-bond donors (Lipinski definition) is 1. The van der Waals surface area contributed by atoms with E-state index in [-0.39, 0.29) is 5.82 Å². The standard InChI is InChI=1S/C12H13FN2S/c1-2-14-7-9-8-15-12(16-9)10-5-3-4-6-11(10)13/h3-6,8,14H,2,7H2,1H3. The van der Waals surface area contributed by atoms with Crippen molar-refractivity contribution >= 4 is 11.3 Å². The van der Waals surface area contributed by atoms with E-state index in [0.29, 0.717) is 5.56 Å². The van der Waals surface area contributed by atoms with Crippen LogP contribution in [0.2, 0.25) is 0 Å². The lowest BCUT2D eigenvalue weighted by Crippen LogP contribution is -2.10. The summed E-state index contributed by atoms with van der Waals surface area (Å²) in [6.07, 6.45) is 1.80. The van der Waals surface area contributed by atoms with Gasteiger partial charge in [0.2, 0.25) is 0 Å². The number of aromatic nitrogens is 1. The fraction of sp³-hybridized carbons (Fsp3) is 0.250. The topological polar surface area (TPSA) is 24.9 Å². The second-order valence-electron chi connectivity index (χ2n) is 3.39. The molecule has 4 heteroatoms. The number of nitrogens with zero attached hydrogens (tertiary/aromatic N) is 1. The molecule has 0 spiro atoms. The van der Waals surface area contributed by atoms with Gasteiger partial charge in [0.1, 0.15) is 10.8 Å². The van der Waals surface area contributed by atoms with Crippen LogP contribution in [0.25, 0.3) is 10.6 Å². The lowest BCUT2D eigenvalue weighted by molar-refractivity contribution is 0.631. The van der Waals surface area contributed by atoms with Gasteiger partial charge in [-0.05, 0) is 18.7 Å². The zero-order chi connectivity index (χ0) is 11.4. The van der Waals surface area contributed by atoms with Crippen molar-refractivity contribution in [3.8, 4) is 10.6 Å². The molecule has 0 aliphatic rings. The Morgan fingerprint density at radius 1 is 1.38 bits per heavy atom. The van der Waals surface area contributed by atoms with Gasteiger partial charge in [0.15, 0.2) is 0 Å². The maximum atomic E-state index is 13.5. The molecule has 0 unspecified atom stereocenters. The van der Waals surface area contributed by atoms with Crippen molar-refractivity contribution < 1.29 is 4.39 Å². The van der Waals surface area contributed by atoms with E-state index in [1.165, 1.54) is 17.4 Å². The summed E-state index contributed by atoms with van der Waals surface area (Å²) in [5, 5.41) is 3.96. The van der Waals surface area contributed by atoms with E-state index in [1.54, 1.807) is 18.3 Å². The molecule has 16 heavy (non-hydrogen) atoms. The predicted molar refractivity (Wildman–Crippen MR) is 64.9 cm³/mol. The summed E-state index contributed by atoms with van der Waals surface area (Å²) >= 11 is 1.53. The highest BCUT2D eigenvalue weighted by atomic mass is 32.1. The monoisotopic (exact) mass is 236 g/mol. The molecule has 1 aromatic carbocycles. The Bertz CT molecular complexity index is 468. The maximum absolute atomic E-state index is 13.5. The number of thiazole rings is 1. The minimum absolute atomic E-state index is 0.216. The fourth-order valence-electron chi connectivity index (χ4n) is 1.40. The van der Waals surface area contributed by atoms with Crippen molar-refractivity contribution in [3.05, 3.63) is 41.2 Å². The van der Waals surface area contributed by atoms with Crippen LogP contribution in [-0.4, -0.2) is 11.5 Å². The van der Waals surface area contributed by atoms with Crippen LogP contribution in [0.1, 0.15) is 11.8 Å². The van der Waals surface area contributed by atoms with E-state index in [0.717, 1.165) is 23.0 Å². The second-order valence-corrected chi connectivity index (χ2v) is 4.51. The summed E-state index contributed by atoms with van der Waals surface area (Å²) < 4.78 is 13.5. The van der Waals surface area contributed by atoms with Gasteiger partial charge >= 0.3 is 0 Å². The predicted octanol–water partition coefficient (Wildman–Crippen LogP) is 3.06. The molecule has 0 atom stereocenters. The number of hydrogen-bond acceptors (Lipinski definition) is 3. The molecule has 0 aliphatic heterocycles. The largest absolute Gasteiger partial charge is 0.312 e. The Kier molecular flexibility index (Phi) is 3.64. The van der Waals surface area contributed by atoms with Crippen molar-refractivity contribution in [2.24, 2.45) is 0 Å². The number of halogens is 1. The van der Waals surface area contributed by atoms with Crippen LogP contribution >= 0.6 is 11.3 Å². The quantitative estimate of drug-likeness (QED) is 0.882. The van der Waals surface area contributed by atoms with E-state index in [2.05, 4.69) is 17.2 Å². The first kappa shape index (κ1) is 11.2. The lowest BCUT2D eigenvalue weighted by Gasteiger charge is -1.97. The fourth-order valence-corrected chi connectivity index (χ4v) is 2.31. The Hall–Kier alpha value is -1.26. The van der Waals surface area contributed by atoms with Gasteiger partial charge in [0.05, 0.1) is 0 Å². The van der Waals surface area contributed by atoms with Gasteiger partial charge < -0.3 is 5.32 Å². The molecule has 0 saturated heterocycles. The van der Waals surface area contributed by atoms with Gasteiger partial charge in [-0.25, -0.2) is 9.37 Å². The molecular formula is C12H13FN2S. The maximum Gasteiger partial charge on any atom is 0.133 e. The summed E-state index contributed by atoms with van der Waals surface area (Å²) in [7, 11) is 0. The molecular weight excluding hydrogens is 223 g/mol. The van der Waals surface area contributed by atoms with Crippen LogP contribution in [-0.2, 0) is 6.54 Å². The summed E-state index contributed by atoms with van der Waals surface area (Å²) in [6, 6.07) is 6.72. The average Bonchev–Trinajstić information content (AvgIpc) is 2.75. The smallest absolute Gasteiger partial charge is 0.133 e. The summed E-state index contributed by atoms with van der Waals surface area (Å²) in [6.45, 7) is 3.77. The van der Waals surface area contributed by atoms with Gasteiger partial charge in [0.25, 0.3) is 0 Å². The zero-order valence-corrected chi connectivity index (χ0v) is 9.85. The molecule has 0 saturated carbocycles. The Morgan fingerprint density at radius 3 is 2.94 bits per heavy atom. The number of rotatable bonds is 4. The van der Waals surface area contributed by atoms with E-state index in [4.69, 9.17) is 0 Å². The van der Waals surface area contributed by atoms with Gasteiger partial charge in [-0.3, -0.25) is 0 Å². The molecule has 2 aromatic rings. The van der Waals surface area contributed by atoms with Crippen molar-refractivity contribution in [3.63, 3.8) is 0 Å². The number of benzene rings is 1. The molecule has 1 aromatic heterocycles. The average molecular weight is 236 g/mol. The zero-order valence-electron chi connectivity index (χ0n) is 9.03. The molecule has 1 heterocycles. The van der Waals surface area contributed by atoms with E-state index in [1.807, 2.05) is 6.07 Å². The van der Waals surface area contributed by atoms with Crippen molar-refractivity contribution in [1.29, 1.82) is 0 Å². The molecule has 1 N–H and O–H groups in total. The Labute approximate surface area is 98.2 Å². The third-order valence-electron chi connectivity index (χ3n) is 2.21. The highest BCUT2D eigenvalue weighted by Crippen LogP contribution is 2.26. The second kappa shape index (κ2) is 5.18. The van der Waals surface area contributed by atoms with Crippen LogP contribution in [0.5, 0.6) is 0 Å². The highest BCUT2D eigenvalue weighted by Gasteiger charge is 2.08. The van der Waals surface area contributed by atoms with E-state index in [9.17, 15) is 4.39 Å². The van der Waals surface area contributed by atoms with Crippen molar-refractivity contribution in [2.75, 3.05) is 6.54 Å².